The highest BCUT2D eigenvalue weighted by molar-refractivity contribution is 5.93. The summed E-state index contributed by atoms with van der Waals surface area (Å²) in [5.41, 5.74) is 0. The molecule has 0 aromatic carbocycles. The first-order chi connectivity index (χ1) is 12.7. The number of quaternary nitrogens is 1. The monoisotopic (exact) mass is 367 g/mol. The van der Waals surface area contributed by atoms with Gasteiger partial charge in [-0.05, 0) is 26.0 Å². The normalized spacial score (nSPS) is 13.2. The van der Waals surface area contributed by atoms with Gasteiger partial charge in [0.05, 0.1) is 26.0 Å². The molecule has 0 radical (unpaired) electrons. The highest BCUT2D eigenvalue weighted by Gasteiger charge is 2.01. The number of amidine groups is 2. The Morgan fingerprint density at radius 2 is 1.85 bits per heavy atom. The average Bonchev–Trinajstić information content (AvgIpc) is 2.65. The molecule has 148 valence electrons. The van der Waals surface area contributed by atoms with E-state index in [0.717, 1.165) is 0 Å². The summed E-state index contributed by atoms with van der Waals surface area (Å²) in [6, 6.07) is 0. The predicted octanol–water partition coefficient (Wildman–Crippen LogP) is 1.32. The third-order valence-corrected chi connectivity index (χ3v) is 2.63. The molecular weight excluding hydrogens is 332 g/mol. The first-order valence-electron chi connectivity index (χ1n) is 8.86. The number of aliphatic hydroxyl groups excluding tert-OH is 2. The largest absolute Gasteiger partial charge is 0.395 e. The van der Waals surface area contributed by atoms with Gasteiger partial charge in [0.2, 0.25) is 0 Å². The molecule has 4 N–H and O–H groups in total. The van der Waals surface area contributed by atoms with E-state index < -0.39 is 0 Å². The fourth-order valence-corrected chi connectivity index (χ4v) is 1.44. The number of hydrogen-bond donors (Lipinski definition) is 3. The Labute approximate surface area is 157 Å². The third kappa shape index (κ3) is 16.7. The molecule has 0 aliphatic carbocycles. The van der Waals surface area contributed by atoms with Crippen LogP contribution in [0.4, 0.5) is 0 Å². The van der Waals surface area contributed by atoms with Gasteiger partial charge in [-0.1, -0.05) is 32.1 Å². The Morgan fingerprint density at radius 1 is 1.12 bits per heavy atom. The van der Waals surface area contributed by atoms with Crippen LogP contribution in [0, 0.1) is 0 Å². The minimum absolute atomic E-state index is 0.0496. The Bertz CT molecular complexity index is 496. The summed E-state index contributed by atoms with van der Waals surface area (Å²) in [6.45, 7) is 9.41. The molecule has 0 spiro atoms. The van der Waals surface area contributed by atoms with Gasteiger partial charge in [0.1, 0.15) is 6.54 Å². The lowest BCUT2D eigenvalue weighted by Crippen LogP contribution is -2.78. The molecule has 0 aliphatic rings. The van der Waals surface area contributed by atoms with Crippen molar-refractivity contribution < 1.29 is 15.5 Å². The van der Waals surface area contributed by atoms with Crippen LogP contribution in [0.15, 0.2) is 57.0 Å². The van der Waals surface area contributed by atoms with Crippen molar-refractivity contribution in [1.29, 1.82) is 0 Å². The first kappa shape index (κ1) is 26.1. The van der Waals surface area contributed by atoms with E-state index in [1.54, 1.807) is 11.8 Å². The number of aliphatic hydroxyl groups is 2. The number of nitrogens with zero attached hydrogens (tertiary/aromatic N) is 5. The molecule has 8 nitrogen and oxygen atoms in total. The minimum Gasteiger partial charge on any atom is -0.395 e. The summed E-state index contributed by atoms with van der Waals surface area (Å²) in [7, 11) is 1.83. The van der Waals surface area contributed by atoms with Gasteiger partial charge in [0.25, 0.3) is 0 Å². The Balaban J connectivity index is 0. The molecule has 0 heterocycles. The van der Waals surface area contributed by atoms with Crippen molar-refractivity contribution in [2.24, 2.45) is 20.4 Å². The Kier molecular flexibility index (Phi) is 20.9. The zero-order valence-corrected chi connectivity index (χ0v) is 16.7. The lowest BCUT2D eigenvalue weighted by Gasteiger charge is -2.16. The van der Waals surface area contributed by atoms with E-state index in [4.69, 9.17) is 10.2 Å². The van der Waals surface area contributed by atoms with Crippen molar-refractivity contribution in [3.8, 4) is 0 Å². The van der Waals surface area contributed by atoms with Crippen LogP contribution in [0.5, 0.6) is 0 Å². The van der Waals surface area contributed by atoms with E-state index in [9.17, 15) is 0 Å². The summed E-state index contributed by atoms with van der Waals surface area (Å²) in [4.78, 5) is 1.80. The lowest BCUT2D eigenvalue weighted by atomic mass is 10.4. The summed E-state index contributed by atoms with van der Waals surface area (Å²) in [6.07, 6.45) is 11.1. The maximum Gasteiger partial charge on any atom is 0.169 e. The zero-order valence-electron chi connectivity index (χ0n) is 16.7. The van der Waals surface area contributed by atoms with Gasteiger partial charge in [0.15, 0.2) is 11.7 Å². The molecule has 0 aromatic rings. The molecule has 0 aromatic heterocycles. The van der Waals surface area contributed by atoms with Gasteiger partial charge >= 0.3 is 0 Å². The van der Waals surface area contributed by atoms with E-state index in [1.165, 1.54) is 0 Å². The molecule has 0 atom stereocenters. The van der Waals surface area contributed by atoms with Gasteiger partial charge in [-0.25, -0.2) is 0 Å². The maximum atomic E-state index is 8.96. The van der Waals surface area contributed by atoms with E-state index in [1.807, 2.05) is 69.7 Å². The summed E-state index contributed by atoms with van der Waals surface area (Å²) < 4.78 is 0. The zero-order chi connectivity index (χ0) is 20.0. The fraction of sp³-hybridized carbons (Fsp3) is 0.556. The minimum atomic E-state index is 0.0496. The maximum absolute atomic E-state index is 8.96. The van der Waals surface area contributed by atoms with E-state index in [2.05, 4.69) is 20.4 Å². The second-order valence-corrected chi connectivity index (χ2v) is 4.74. The highest BCUT2D eigenvalue weighted by atomic mass is 16.3. The van der Waals surface area contributed by atoms with Crippen LogP contribution in [-0.2, 0) is 0 Å². The molecule has 0 saturated carbocycles. The summed E-state index contributed by atoms with van der Waals surface area (Å²) >= 11 is 0. The van der Waals surface area contributed by atoms with Crippen LogP contribution in [0.3, 0.4) is 0 Å². The van der Waals surface area contributed by atoms with Crippen molar-refractivity contribution in [3.05, 3.63) is 36.6 Å². The van der Waals surface area contributed by atoms with Crippen LogP contribution < -0.4 is 5.32 Å². The van der Waals surface area contributed by atoms with Crippen molar-refractivity contribution in [3.63, 3.8) is 0 Å². The second kappa shape index (κ2) is 20.9. The lowest BCUT2D eigenvalue weighted by molar-refractivity contribution is -0.589. The van der Waals surface area contributed by atoms with Gasteiger partial charge in [-0.3, -0.25) is 0 Å². The number of hydrogen-bond acceptors (Lipinski definition) is 5. The molecule has 0 bridgehead atoms. The smallest absolute Gasteiger partial charge is 0.169 e. The molecule has 8 heteroatoms. The van der Waals surface area contributed by atoms with E-state index in [-0.39, 0.29) is 13.2 Å². The van der Waals surface area contributed by atoms with Gasteiger partial charge in [0, 0.05) is 13.6 Å². The van der Waals surface area contributed by atoms with Crippen molar-refractivity contribution >= 4 is 11.7 Å². The van der Waals surface area contributed by atoms with Crippen molar-refractivity contribution in [2.45, 2.75) is 27.7 Å². The fourth-order valence-electron chi connectivity index (χ4n) is 1.44. The highest BCUT2D eigenvalue weighted by Crippen LogP contribution is 1.94. The standard InChI is InChI=1S/C16H28N6O2.C2H6/c1-4-8-16(22(3)12-14-24)21-20-15(2)19-18-10-7-5-6-9-17-11-13-23;1-2/h4-9,17,23-24H,10-14H2,1-3H3;1-2H3/p+1/b7-5-,8-4-,9-6-,19-18?,20-15+,21-16+;. The SMILES string of the molecule is CC.C\C=C/C(=N\N=C(/C)N=NC/C=C\C=C/[NH2+]CCO)N(C)CCO. The van der Waals surface area contributed by atoms with Crippen LogP contribution in [0.25, 0.3) is 0 Å². The topological polar surface area (TPSA) is 110 Å². The van der Waals surface area contributed by atoms with Crippen LogP contribution in [0.1, 0.15) is 27.7 Å². The number of nitrogens with two attached hydrogens (primary N) is 1. The van der Waals surface area contributed by atoms with Gasteiger partial charge in [-0.15, -0.1) is 15.3 Å². The molecule has 0 amide bonds. The van der Waals surface area contributed by atoms with Crippen LogP contribution in [0.2, 0.25) is 0 Å². The molecule has 0 unspecified atom stereocenters. The van der Waals surface area contributed by atoms with Crippen LogP contribution in [-0.4, -0.2) is 66.7 Å². The molecule has 0 rings (SSSR count). The second-order valence-electron chi connectivity index (χ2n) is 4.74. The third-order valence-electron chi connectivity index (χ3n) is 2.63. The number of allylic oxidation sites excluding steroid dienone is 3. The Morgan fingerprint density at radius 3 is 2.46 bits per heavy atom. The summed E-state index contributed by atoms with van der Waals surface area (Å²) in [5.74, 6) is 1.10. The van der Waals surface area contributed by atoms with Crippen molar-refractivity contribution in [2.75, 3.05) is 39.9 Å². The van der Waals surface area contributed by atoms with Crippen molar-refractivity contribution in [1.82, 2.24) is 4.90 Å². The molecule has 0 fully saturated rings. The summed E-state index contributed by atoms with van der Waals surface area (Å²) in [5, 5.41) is 35.5. The molecule has 0 saturated heterocycles. The molecule has 26 heavy (non-hydrogen) atoms. The molecular formula is C18H35N6O2+. The van der Waals surface area contributed by atoms with E-state index in [0.29, 0.717) is 31.3 Å². The quantitative estimate of drug-likeness (QED) is 0.135. The predicted molar refractivity (Wildman–Crippen MR) is 108 cm³/mol. The molecule has 0 aliphatic heterocycles. The average molecular weight is 368 g/mol. The van der Waals surface area contributed by atoms with Gasteiger partial charge < -0.3 is 20.4 Å². The Hall–Kier alpha value is -2.16. The number of azo groups is 1. The number of rotatable bonds is 10. The number of likely N-dealkylation sites (N-methyl/N-ethyl adjacent to an activating group) is 1. The van der Waals surface area contributed by atoms with E-state index >= 15 is 0 Å². The first-order valence-corrected chi connectivity index (χ1v) is 8.86. The van der Waals surface area contributed by atoms with Gasteiger partial charge in [-0.2, -0.15) is 5.11 Å². The van der Waals surface area contributed by atoms with Crippen LogP contribution >= 0.6 is 0 Å².